The number of methoxy groups -OCH3 is 2. The van der Waals surface area contributed by atoms with Gasteiger partial charge in [-0.15, -0.1) is 5.53 Å². The molecule has 61 heavy (non-hydrogen) atoms. The SMILES string of the molecule is COc1cc(-c2cn(C)c(=O)c3cnccc23)cc(OC)c1CN1CCC(OCC2=CN(CCOCCOc3ccc4c(c3)C(=O)N(C3CCC(=O)NC3=O)C4=O)NN2)CC1. The number of ether oxygens (including phenoxy) is 5. The monoisotopic (exact) mass is 836 g/mol. The number of carbonyl (C=O) groups excluding carboxylic acids is 4. The number of piperidine rings is 2. The second kappa shape index (κ2) is 18.1. The van der Waals surface area contributed by atoms with E-state index >= 15 is 0 Å². The topological polar surface area (TPSA) is 195 Å². The first-order chi connectivity index (χ1) is 29.6. The number of nitrogens with zero attached hydrogens (tertiary/aromatic N) is 5. The number of hydrogen-bond donors (Lipinski definition) is 3. The number of hydrazine groups is 2. The maximum atomic E-state index is 13.1. The minimum Gasteiger partial charge on any atom is -0.496 e. The van der Waals surface area contributed by atoms with E-state index in [9.17, 15) is 24.0 Å². The Labute approximate surface area is 351 Å². The van der Waals surface area contributed by atoms with Gasteiger partial charge in [-0.2, -0.15) is 0 Å². The summed E-state index contributed by atoms with van der Waals surface area (Å²) in [5.74, 6) is -0.391. The Kier molecular flexibility index (Phi) is 12.3. The van der Waals surface area contributed by atoms with Crippen molar-refractivity contribution in [3.8, 4) is 28.4 Å². The maximum Gasteiger partial charge on any atom is 0.262 e. The highest BCUT2D eigenvalue weighted by molar-refractivity contribution is 6.23. The van der Waals surface area contributed by atoms with Crippen molar-refractivity contribution in [2.45, 2.75) is 44.4 Å². The van der Waals surface area contributed by atoms with Crippen molar-refractivity contribution in [3.05, 3.63) is 93.9 Å². The van der Waals surface area contributed by atoms with Crippen LogP contribution in [-0.4, -0.2) is 120 Å². The molecule has 0 bridgehead atoms. The number of fused-ring (bicyclic) bond motifs is 2. The van der Waals surface area contributed by atoms with Crippen LogP contribution in [0.1, 0.15) is 52.0 Å². The standard InChI is InChI=1S/C43H48N8O10/c1-48-23-34(30-8-11-44-21-33(30)41(48)54)26-18-37(57-2)35(38(19-26)58-3)24-49-12-9-28(10-13-49)61-25-27-22-50(47-46-27)14-15-59-16-17-60-29-4-5-31-32(20-29)43(56)51(42(31)55)36-6-7-39(52)45-40(36)53/h4-5,8,11,18-23,28,36,46-47H,6-7,9-10,12-17,24-25H2,1-3H3,(H,45,52,53). The van der Waals surface area contributed by atoms with Gasteiger partial charge in [0.15, 0.2) is 0 Å². The van der Waals surface area contributed by atoms with Crippen LogP contribution in [0.4, 0.5) is 0 Å². The lowest BCUT2D eigenvalue weighted by molar-refractivity contribution is -0.136. The molecule has 4 aliphatic heterocycles. The summed E-state index contributed by atoms with van der Waals surface area (Å²) in [5, 5.41) is 5.44. The van der Waals surface area contributed by atoms with Crippen LogP contribution in [0.2, 0.25) is 0 Å². The molecule has 8 rings (SSSR count). The molecule has 0 aliphatic carbocycles. The molecule has 18 heteroatoms. The Bertz CT molecular complexity index is 2420. The summed E-state index contributed by atoms with van der Waals surface area (Å²) < 4.78 is 31.2. The van der Waals surface area contributed by atoms with Crippen LogP contribution in [0, 0.1) is 0 Å². The minimum absolute atomic E-state index is 0.0579. The Hall–Kier alpha value is -6.34. The fourth-order valence-corrected chi connectivity index (χ4v) is 8.12. The number of likely N-dealkylation sites (tertiary alicyclic amines) is 1. The number of aromatic nitrogens is 2. The van der Waals surface area contributed by atoms with Crippen LogP contribution in [0.15, 0.2) is 71.7 Å². The molecule has 2 fully saturated rings. The lowest BCUT2D eigenvalue weighted by atomic mass is 9.98. The number of pyridine rings is 2. The number of carbonyl (C=O) groups is 4. The van der Waals surface area contributed by atoms with E-state index in [2.05, 4.69) is 26.2 Å². The number of imide groups is 2. The van der Waals surface area contributed by atoms with Gasteiger partial charge in [-0.05, 0) is 66.6 Å². The van der Waals surface area contributed by atoms with Gasteiger partial charge in [0.25, 0.3) is 17.4 Å². The molecule has 320 valence electrons. The lowest BCUT2D eigenvalue weighted by Crippen LogP contribution is -2.54. The van der Waals surface area contributed by atoms with Crippen LogP contribution in [0.25, 0.3) is 21.9 Å². The fourth-order valence-electron chi connectivity index (χ4n) is 8.12. The highest BCUT2D eigenvalue weighted by Gasteiger charge is 2.44. The molecule has 2 saturated heterocycles. The van der Waals surface area contributed by atoms with Gasteiger partial charge in [-0.3, -0.25) is 49.1 Å². The molecule has 6 heterocycles. The van der Waals surface area contributed by atoms with Gasteiger partial charge in [-0.25, -0.2) is 0 Å². The third kappa shape index (κ3) is 8.79. The Morgan fingerprint density at radius 1 is 0.852 bits per heavy atom. The predicted molar refractivity (Wildman–Crippen MR) is 220 cm³/mol. The van der Waals surface area contributed by atoms with Crippen molar-refractivity contribution in [1.29, 1.82) is 0 Å². The first-order valence-electron chi connectivity index (χ1n) is 20.2. The second-order valence-electron chi connectivity index (χ2n) is 15.2. The summed E-state index contributed by atoms with van der Waals surface area (Å²) in [6.07, 6.45) is 9.10. The van der Waals surface area contributed by atoms with E-state index < -0.39 is 29.7 Å². The van der Waals surface area contributed by atoms with Crippen LogP contribution in [-0.2, 0) is 32.7 Å². The quantitative estimate of drug-likeness (QED) is 0.110. The lowest BCUT2D eigenvalue weighted by Gasteiger charge is -2.32. The molecule has 0 radical (unpaired) electrons. The third-order valence-electron chi connectivity index (χ3n) is 11.4. The molecule has 2 aromatic carbocycles. The third-order valence-corrected chi connectivity index (χ3v) is 11.4. The van der Waals surface area contributed by atoms with E-state index in [1.54, 1.807) is 44.3 Å². The van der Waals surface area contributed by atoms with Crippen molar-refractivity contribution in [1.82, 2.24) is 40.6 Å². The van der Waals surface area contributed by atoms with Gasteiger partial charge in [-0.1, -0.05) is 0 Å². The van der Waals surface area contributed by atoms with Gasteiger partial charge < -0.3 is 33.7 Å². The van der Waals surface area contributed by atoms with Gasteiger partial charge in [0.05, 0.1) is 74.5 Å². The van der Waals surface area contributed by atoms with Gasteiger partial charge in [0.1, 0.15) is 29.9 Å². The summed E-state index contributed by atoms with van der Waals surface area (Å²) >= 11 is 0. The first kappa shape index (κ1) is 41.4. The molecule has 1 unspecified atom stereocenters. The molecule has 1 atom stereocenters. The van der Waals surface area contributed by atoms with Crippen molar-refractivity contribution in [2.24, 2.45) is 7.05 Å². The molecule has 4 aliphatic rings. The van der Waals surface area contributed by atoms with E-state index in [0.29, 0.717) is 44.0 Å². The molecule has 4 aromatic rings. The highest BCUT2D eigenvalue weighted by Crippen LogP contribution is 2.38. The smallest absolute Gasteiger partial charge is 0.262 e. The molecule has 3 N–H and O–H groups in total. The molecular formula is C43H48N8O10. The summed E-state index contributed by atoms with van der Waals surface area (Å²) in [6.45, 7) is 4.28. The van der Waals surface area contributed by atoms with Crippen LogP contribution < -0.4 is 36.0 Å². The average molecular weight is 837 g/mol. The predicted octanol–water partition coefficient (Wildman–Crippen LogP) is 2.26. The number of aryl methyl sites for hydroxylation is 1. The van der Waals surface area contributed by atoms with Crippen LogP contribution in [0.3, 0.4) is 0 Å². The summed E-state index contributed by atoms with van der Waals surface area (Å²) in [6, 6.07) is 9.45. The van der Waals surface area contributed by atoms with Crippen LogP contribution in [0.5, 0.6) is 17.2 Å². The van der Waals surface area contributed by atoms with Gasteiger partial charge in [0.2, 0.25) is 11.8 Å². The number of rotatable bonds is 16. The zero-order chi connectivity index (χ0) is 42.6. The minimum atomic E-state index is -1.02. The highest BCUT2D eigenvalue weighted by atomic mass is 16.5. The molecule has 0 saturated carbocycles. The van der Waals surface area contributed by atoms with Crippen molar-refractivity contribution >= 4 is 34.4 Å². The second-order valence-corrected chi connectivity index (χ2v) is 15.2. The molecule has 18 nitrogen and oxygen atoms in total. The summed E-state index contributed by atoms with van der Waals surface area (Å²) in [7, 11) is 5.06. The van der Waals surface area contributed by atoms with Crippen molar-refractivity contribution < 1.29 is 42.9 Å². The zero-order valence-corrected chi connectivity index (χ0v) is 34.2. The van der Waals surface area contributed by atoms with E-state index in [1.165, 1.54) is 12.1 Å². The first-order valence-corrected chi connectivity index (χ1v) is 20.2. The van der Waals surface area contributed by atoms with E-state index in [4.69, 9.17) is 23.7 Å². The molecule has 2 aromatic heterocycles. The molecule has 4 amide bonds. The zero-order valence-electron chi connectivity index (χ0n) is 34.2. The summed E-state index contributed by atoms with van der Waals surface area (Å²) in [5.41, 5.74) is 10.1. The number of amides is 4. The Balaban J connectivity index is 0.751. The Morgan fingerprint density at radius 3 is 2.38 bits per heavy atom. The van der Waals surface area contributed by atoms with E-state index in [1.807, 2.05) is 35.6 Å². The number of hydrogen-bond acceptors (Lipinski definition) is 15. The Morgan fingerprint density at radius 2 is 1.62 bits per heavy atom. The van der Waals surface area contributed by atoms with Crippen molar-refractivity contribution in [3.63, 3.8) is 0 Å². The number of nitrogens with one attached hydrogen (secondary N) is 3. The van der Waals surface area contributed by atoms with Gasteiger partial charge in [0, 0.05) is 63.5 Å². The largest absolute Gasteiger partial charge is 0.496 e. The van der Waals surface area contributed by atoms with E-state index in [0.717, 1.165) is 70.1 Å². The average Bonchev–Trinajstić information content (AvgIpc) is 3.83. The van der Waals surface area contributed by atoms with E-state index in [-0.39, 0.29) is 42.2 Å². The fraction of sp³-hybridized carbons (Fsp3) is 0.395. The maximum absolute atomic E-state index is 13.1. The molecular weight excluding hydrogens is 789 g/mol. The van der Waals surface area contributed by atoms with Crippen LogP contribution >= 0.6 is 0 Å². The van der Waals surface area contributed by atoms with Gasteiger partial charge >= 0.3 is 0 Å². The molecule has 0 spiro atoms. The normalized spacial score (nSPS) is 18.3. The summed E-state index contributed by atoms with van der Waals surface area (Å²) in [4.78, 5) is 70.1. The van der Waals surface area contributed by atoms with Crippen molar-refractivity contribution in [2.75, 3.05) is 60.3 Å². The number of benzene rings is 2.